The van der Waals surface area contributed by atoms with Crippen LogP contribution in [0.1, 0.15) is 66.2 Å². The molecule has 1 aliphatic rings. The Balaban J connectivity index is 1.74. The highest BCUT2D eigenvalue weighted by atomic mass is 16.5. The van der Waals surface area contributed by atoms with E-state index in [1.807, 2.05) is 24.3 Å². The predicted octanol–water partition coefficient (Wildman–Crippen LogP) is 4.66. The van der Waals surface area contributed by atoms with Gasteiger partial charge in [0, 0.05) is 19.0 Å². The van der Waals surface area contributed by atoms with E-state index in [2.05, 4.69) is 29.3 Å². The van der Waals surface area contributed by atoms with Gasteiger partial charge in [-0.3, -0.25) is 10.2 Å². The van der Waals surface area contributed by atoms with Gasteiger partial charge in [0.05, 0.1) is 18.8 Å². The molecule has 1 saturated heterocycles. The molecular formula is C24H32N2O3. The molecule has 0 radical (unpaired) electrons. The lowest BCUT2D eigenvalue weighted by molar-refractivity contribution is 0.0696. The van der Waals surface area contributed by atoms with Crippen molar-refractivity contribution in [3.8, 4) is 5.75 Å². The third kappa shape index (κ3) is 5.58. The molecule has 2 unspecified atom stereocenters. The smallest absolute Gasteiger partial charge is 0.335 e. The van der Waals surface area contributed by atoms with Gasteiger partial charge in [-0.25, -0.2) is 4.79 Å². The van der Waals surface area contributed by atoms with Gasteiger partial charge in [-0.05, 0) is 48.4 Å². The molecule has 0 bridgehead atoms. The lowest BCUT2D eigenvalue weighted by Gasteiger charge is -2.41. The summed E-state index contributed by atoms with van der Waals surface area (Å²) in [6.07, 6.45) is 5.03. The van der Waals surface area contributed by atoms with Crippen LogP contribution in [0.2, 0.25) is 0 Å². The number of carboxylic acids is 1. The number of hydrogen-bond acceptors (Lipinski definition) is 4. The third-order valence-corrected chi connectivity index (χ3v) is 5.74. The van der Waals surface area contributed by atoms with Gasteiger partial charge in [-0.2, -0.15) is 0 Å². The van der Waals surface area contributed by atoms with E-state index in [4.69, 9.17) is 9.84 Å². The highest BCUT2D eigenvalue weighted by molar-refractivity contribution is 5.87. The summed E-state index contributed by atoms with van der Waals surface area (Å²) < 4.78 is 5.29. The molecule has 29 heavy (non-hydrogen) atoms. The van der Waals surface area contributed by atoms with E-state index in [0.29, 0.717) is 11.5 Å². The summed E-state index contributed by atoms with van der Waals surface area (Å²) >= 11 is 0. The van der Waals surface area contributed by atoms with E-state index in [9.17, 15) is 4.79 Å². The lowest BCUT2D eigenvalue weighted by Crippen LogP contribution is -2.48. The van der Waals surface area contributed by atoms with Crippen LogP contribution >= 0.6 is 0 Å². The van der Waals surface area contributed by atoms with Crippen molar-refractivity contribution in [2.24, 2.45) is 0 Å². The number of carbonyl (C=O) groups is 1. The number of carboxylic acid groups (broad SMARTS) is 1. The molecule has 2 N–H and O–H groups in total. The van der Waals surface area contributed by atoms with Gasteiger partial charge >= 0.3 is 5.97 Å². The summed E-state index contributed by atoms with van der Waals surface area (Å²) in [6.45, 7) is 5.14. The first-order chi connectivity index (χ1) is 14.1. The number of aromatic carboxylic acids is 1. The topological polar surface area (TPSA) is 61.8 Å². The van der Waals surface area contributed by atoms with Gasteiger partial charge in [0.1, 0.15) is 5.75 Å². The third-order valence-electron chi connectivity index (χ3n) is 5.74. The van der Waals surface area contributed by atoms with Gasteiger partial charge in [0.2, 0.25) is 0 Å². The molecule has 1 fully saturated rings. The van der Waals surface area contributed by atoms with Gasteiger partial charge in [-0.1, -0.05) is 50.5 Å². The van der Waals surface area contributed by atoms with E-state index in [0.717, 1.165) is 30.9 Å². The number of benzene rings is 2. The molecule has 0 amide bonds. The number of nitrogens with one attached hydrogen (secondary N) is 1. The Morgan fingerprint density at radius 2 is 1.76 bits per heavy atom. The molecule has 2 aromatic rings. The fourth-order valence-corrected chi connectivity index (χ4v) is 4.03. The first-order valence-corrected chi connectivity index (χ1v) is 10.6. The monoisotopic (exact) mass is 396 g/mol. The van der Waals surface area contributed by atoms with E-state index < -0.39 is 5.97 Å². The number of methoxy groups -OCH3 is 1. The van der Waals surface area contributed by atoms with Crippen molar-refractivity contribution < 1.29 is 14.6 Å². The van der Waals surface area contributed by atoms with Gasteiger partial charge in [-0.15, -0.1) is 0 Å². The van der Waals surface area contributed by atoms with Crippen molar-refractivity contribution in [2.75, 3.05) is 26.7 Å². The number of hydrogen-bond donors (Lipinski definition) is 2. The van der Waals surface area contributed by atoms with Crippen molar-refractivity contribution in [1.82, 2.24) is 10.2 Å². The van der Waals surface area contributed by atoms with Crippen LogP contribution in [0.15, 0.2) is 48.5 Å². The minimum Gasteiger partial charge on any atom is -0.497 e. The Kier molecular flexibility index (Phi) is 7.67. The Hall–Kier alpha value is -2.37. The van der Waals surface area contributed by atoms with E-state index in [-0.39, 0.29) is 6.17 Å². The quantitative estimate of drug-likeness (QED) is 0.604. The molecule has 156 valence electrons. The number of nitrogens with zero attached hydrogens (tertiary/aromatic N) is 1. The summed E-state index contributed by atoms with van der Waals surface area (Å²) in [4.78, 5) is 13.7. The normalized spacial score (nSPS) is 19.8. The van der Waals surface area contributed by atoms with Crippen LogP contribution in [0.25, 0.3) is 0 Å². The van der Waals surface area contributed by atoms with Crippen molar-refractivity contribution in [3.63, 3.8) is 0 Å². The zero-order valence-electron chi connectivity index (χ0n) is 17.4. The number of ether oxygens (including phenoxy) is 1. The molecule has 0 saturated carbocycles. The van der Waals surface area contributed by atoms with Crippen LogP contribution in [0, 0.1) is 0 Å². The summed E-state index contributed by atoms with van der Waals surface area (Å²) in [7, 11) is 1.69. The molecule has 3 rings (SSSR count). The second-order valence-corrected chi connectivity index (χ2v) is 7.76. The van der Waals surface area contributed by atoms with Crippen molar-refractivity contribution in [3.05, 3.63) is 65.2 Å². The Morgan fingerprint density at radius 3 is 2.38 bits per heavy atom. The zero-order valence-corrected chi connectivity index (χ0v) is 17.4. The van der Waals surface area contributed by atoms with Gasteiger partial charge in [0.15, 0.2) is 0 Å². The predicted molar refractivity (Wildman–Crippen MR) is 116 cm³/mol. The fraction of sp³-hybridized carbons (Fsp3) is 0.458. The first-order valence-electron chi connectivity index (χ1n) is 10.6. The average Bonchev–Trinajstić information content (AvgIpc) is 2.77. The summed E-state index contributed by atoms with van der Waals surface area (Å²) in [5.41, 5.74) is 2.77. The zero-order chi connectivity index (χ0) is 20.6. The Morgan fingerprint density at radius 1 is 1.07 bits per heavy atom. The molecule has 2 aromatic carbocycles. The first kappa shape index (κ1) is 21.3. The van der Waals surface area contributed by atoms with Crippen molar-refractivity contribution >= 4 is 5.97 Å². The van der Waals surface area contributed by atoms with Crippen LogP contribution in [0.4, 0.5) is 0 Å². The molecule has 5 nitrogen and oxygen atoms in total. The van der Waals surface area contributed by atoms with Crippen molar-refractivity contribution in [2.45, 2.75) is 44.7 Å². The minimum atomic E-state index is -0.885. The van der Waals surface area contributed by atoms with Gasteiger partial charge in [0.25, 0.3) is 0 Å². The molecule has 2 atom stereocenters. The standard InChI is InChI=1S/C24H32N2O3/c1-3-4-5-6-15-26-17-21(18-11-13-22(29-2)14-12-18)16-25-23(26)19-7-9-20(10-8-19)24(27)28/h7-14,21,23,25H,3-6,15-17H2,1-2H3,(H,27,28). The molecule has 1 aliphatic heterocycles. The lowest BCUT2D eigenvalue weighted by atomic mass is 9.94. The summed E-state index contributed by atoms with van der Waals surface area (Å²) in [5.74, 6) is 0.413. The van der Waals surface area contributed by atoms with Gasteiger partial charge < -0.3 is 9.84 Å². The van der Waals surface area contributed by atoms with Crippen LogP contribution in [-0.4, -0.2) is 42.7 Å². The number of rotatable bonds is 9. The highest BCUT2D eigenvalue weighted by Gasteiger charge is 2.29. The Labute approximate surface area is 173 Å². The maximum atomic E-state index is 11.2. The maximum absolute atomic E-state index is 11.2. The van der Waals surface area contributed by atoms with E-state index >= 15 is 0 Å². The molecule has 0 aromatic heterocycles. The van der Waals surface area contributed by atoms with Crippen LogP contribution in [0.5, 0.6) is 5.75 Å². The number of unbranched alkanes of at least 4 members (excludes halogenated alkanes) is 3. The largest absolute Gasteiger partial charge is 0.497 e. The van der Waals surface area contributed by atoms with Crippen LogP contribution in [-0.2, 0) is 0 Å². The molecule has 0 spiro atoms. The molecule has 0 aliphatic carbocycles. The van der Waals surface area contributed by atoms with E-state index in [1.165, 1.54) is 31.2 Å². The minimum absolute atomic E-state index is 0.119. The second-order valence-electron chi connectivity index (χ2n) is 7.76. The van der Waals surface area contributed by atoms with E-state index in [1.54, 1.807) is 19.2 Å². The average molecular weight is 397 g/mol. The van der Waals surface area contributed by atoms with Crippen molar-refractivity contribution in [1.29, 1.82) is 0 Å². The molecule has 1 heterocycles. The SMILES string of the molecule is CCCCCCN1CC(c2ccc(OC)cc2)CNC1c1ccc(C(=O)O)cc1. The second kappa shape index (κ2) is 10.4. The van der Waals surface area contributed by atoms with Crippen LogP contribution in [0.3, 0.4) is 0 Å². The van der Waals surface area contributed by atoms with Crippen LogP contribution < -0.4 is 10.1 Å². The summed E-state index contributed by atoms with van der Waals surface area (Å²) in [5, 5.41) is 12.9. The molecule has 5 heteroatoms. The Bertz CT molecular complexity index is 774. The fourth-order valence-electron chi connectivity index (χ4n) is 4.03. The summed E-state index contributed by atoms with van der Waals surface area (Å²) in [6, 6.07) is 15.6. The highest BCUT2D eigenvalue weighted by Crippen LogP contribution is 2.30. The maximum Gasteiger partial charge on any atom is 0.335 e. The molecular weight excluding hydrogens is 364 g/mol.